The zero-order valence-corrected chi connectivity index (χ0v) is 15.3. The van der Waals surface area contributed by atoms with Crippen LogP contribution < -0.4 is 9.64 Å². The highest BCUT2D eigenvalue weighted by Crippen LogP contribution is 2.39. The summed E-state index contributed by atoms with van der Waals surface area (Å²) in [6.07, 6.45) is 0. The summed E-state index contributed by atoms with van der Waals surface area (Å²) in [7, 11) is -3.74. The smallest absolute Gasteiger partial charge is 0.243 e. The third kappa shape index (κ3) is 3.55. The number of sulfonamides is 1. The number of benzene rings is 1. The Morgan fingerprint density at radius 2 is 2.08 bits per heavy atom. The van der Waals surface area contributed by atoms with Gasteiger partial charge < -0.3 is 14.7 Å². The first-order chi connectivity index (χ1) is 11.1. The minimum absolute atomic E-state index is 0.0237. The van der Waals surface area contributed by atoms with Crippen LogP contribution in [-0.4, -0.2) is 55.6 Å². The highest BCUT2D eigenvalue weighted by atomic mass is 32.2. The number of rotatable bonds is 5. The lowest BCUT2D eigenvalue weighted by molar-refractivity contribution is -0.117. The number of carbonyl (C=O) groups is 1. The molecule has 0 saturated carbocycles. The molecule has 1 heterocycles. The van der Waals surface area contributed by atoms with Crippen LogP contribution in [0.1, 0.15) is 27.7 Å². The molecule has 0 fully saturated rings. The summed E-state index contributed by atoms with van der Waals surface area (Å²) in [4.78, 5) is 13.6. The molecule has 8 heteroatoms. The fourth-order valence-electron chi connectivity index (χ4n) is 2.74. The Morgan fingerprint density at radius 3 is 2.62 bits per heavy atom. The van der Waals surface area contributed by atoms with Crippen LogP contribution in [0.2, 0.25) is 0 Å². The van der Waals surface area contributed by atoms with Crippen LogP contribution in [0.15, 0.2) is 23.1 Å². The van der Waals surface area contributed by atoms with Crippen LogP contribution in [0.25, 0.3) is 0 Å². The van der Waals surface area contributed by atoms with Crippen LogP contribution in [0.4, 0.5) is 5.69 Å². The molecular formula is C16H24N2O5S. The van der Waals surface area contributed by atoms with Gasteiger partial charge in [-0.3, -0.25) is 4.79 Å². The van der Waals surface area contributed by atoms with E-state index in [2.05, 4.69) is 0 Å². The lowest BCUT2D eigenvalue weighted by Crippen LogP contribution is -2.48. The average molecular weight is 356 g/mol. The van der Waals surface area contributed by atoms with E-state index in [1.54, 1.807) is 13.0 Å². The maximum atomic E-state index is 12.7. The molecule has 0 aromatic heterocycles. The Labute approximate surface area is 142 Å². The van der Waals surface area contributed by atoms with Crippen LogP contribution in [-0.2, 0) is 14.8 Å². The summed E-state index contributed by atoms with van der Waals surface area (Å²) in [5.41, 5.74) is -0.103. The van der Waals surface area contributed by atoms with E-state index in [9.17, 15) is 13.2 Å². The molecule has 1 aromatic rings. The molecular weight excluding hydrogens is 332 g/mol. The fraction of sp³-hybridized carbons (Fsp3) is 0.562. The molecule has 0 atom stereocenters. The molecule has 0 radical (unpaired) electrons. The number of amides is 1. The monoisotopic (exact) mass is 356 g/mol. The molecule has 0 spiro atoms. The van der Waals surface area contributed by atoms with Crippen molar-refractivity contribution in [3.63, 3.8) is 0 Å². The molecule has 0 aliphatic carbocycles. The summed E-state index contributed by atoms with van der Waals surface area (Å²) in [5, 5.41) is 9.06. The van der Waals surface area contributed by atoms with E-state index in [1.165, 1.54) is 28.3 Å². The predicted molar refractivity (Wildman–Crippen MR) is 90.7 cm³/mol. The van der Waals surface area contributed by atoms with E-state index < -0.39 is 15.6 Å². The summed E-state index contributed by atoms with van der Waals surface area (Å²) in [6, 6.07) is 4.50. The van der Waals surface area contributed by atoms with Gasteiger partial charge in [0, 0.05) is 20.0 Å². The van der Waals surface area contributed by atoms with Gasteiger partial charge in [0.25, 0.3) is 0 Å². The standard InChI is InChI=1S/C16H24N2O5S/c1-5-17(8-9-19)24(21,22)13-6-7-15-14(10-13)18(12(2)20)11-16(3,4)23-15/h6-7,10,19H,5,8-9,11H2,1-4H3. The second-order valence-electron chi connectivity index (χ2n) is 6.32. The van der Waals surface area contributed by atoms with Crippen molar-refractivity contribution < 1.29 is 23.1 Å². The van der Waals surface area contributed by atoms with Gasteiger partial charge in [0.1, 0.15) is 11.4 Å². The molecule has 1 N–H and O–H groups in total. The van der Waals surface area contributed by atoms with E-state index in [-0.39, 0.29) is 30.5 Å². The minimum Gasteiger partial charge on any atom is -0.484 e. The van der Waals surface area contributed by atoms with Gasteiger partial charge >= 0.3 is 0 Å². The number of hydrogen-bond donors (Lipinski definition) is 1. The molecule has 0 bridgehead atoms. The molecule has 2 rings (SSSR count). The minimum atomic E-state index is -3.74. The van der Waals surface area contributed by atoms with Gasteiger partial charge in [0.05, 0.1) is 23.7 Å². The van der Waals surface area contributed by atoms with Crippen LogP contribution in [0.5, 0.6) is 5.75 Å². The number of nitrogens with zero attached hydrogens (tertiary/aromatic N) is 2. The van der Waals surface area contributed by atoms with Crippen LogP contribution >= 0.6 is 0 Å². The maximum absolute atomic E-state index is 12.7. The lowest BCUT2D eigenvalue weighted by Gasteiger charge is -2.39. The number of likely N-dealkylation sites (N-methyl/N-ethyl adjacent to an activating group) is 1. The van der Waals surface area contributed by atoms with E-state index in [0.717, 1.165) is 0 Å². The van der Waals surface area contributed by atoms with Gasteiger partial charge in [-0.1, -0.05) is 6.92 Å². The predicted octanol–water partition coefficient (Wildman–Crippen LogP) is 1.21. The first kappa shape index (κ1) is 18.7. The Hall–Kier alpha value is -1.64. The molecule has 1 amide bonds. The van der Waals surface area contributed by atoms with Gasteiger partial charge in [0.15, 0.2) is 0 Å². The molecule has 1 aromatic carbocycles. The Balaban J connectivity index is 2.51. The highest BCUT2D eigenvalue weighted by Gasteiger charge is 2.35. The second-order valence-corrected chi connectivity index (χ2v) is 8.25. The molecule has 0 saturated heterocycles. The summed E-state index contributed by atoms with van der Waals surface area (Å²) >= 11 is 0. The van der Waals surface area contributed by atoms with Crippen molar-refractivity contribution in [2.24, 2.45) is 0 Å². The second kappa shape index (κ2) is 6.70. The fourth-order valence-corrected chi connectivity index (χ4v) is 4.20. The molecule has 1 aliphatic rings. The molecule has 134 valence electrons. The summed E-state index contributed by atoms with van der Waals surface area (Å²) in [5.74, 6) is 0.301. The number of carbonyl (C=O) groups excluding carboxylic acids is 1. The number of fused-ring (bicyclic) bond motifs is 1. The average Bonchev–Trinajstić information content (AvgIpc) is 2.50. The largest absolute Gasteiger partial charge is 0.484 e. The van der Waals surface area contributed by atoms with Crippen molar-refractivity contribution in [1.82, 2.24) is 4.31 Å². The molecule has 1 aliphatic heterocycles. The summed E-state index contributed by atoms with van der Waals surface area (Å²) < 4.78 is 32.5. The number of aliphatic hydroxyl groups is 1. The van der Waals surface area contributed by atoms with Crippen molar-refractivity contribution in [1.29, 1.82) is 0 Å². The Bertz CT molecular complexity index is 730. The van der Waals surface area contributed by atoms with Crippen molar-refractivity contribution in [3.8, 4) is 5.75 Å². The van der Waals surface area contributed by atoms with E-state index in [1.807, 2.05) is 13.8 Å². The van der Waals surface area contributed by atoms with E-state index in [0.29, 0.717) is 18.0 Å². The van der Waals surface area contributed by atoms with Crippen molar-refractivity contribution in [3.05, 3.63) is 18.2 Å². The van der Waals surface area contributed by atoms with Crippen LogP contribution in [0.3, 0.4) is 0 Å². The third-order valence-electron chi connectivity index (χ3n) is 3.87. The molecule has 24 heavy (non-hydrogen) atoms. The highest BCUT2D eigenvalue weighted by molar-refractivity contribution is 7.89. The number of ether oxygens (including phenoxy) is 1. The Morgan fingerprint density at radius 1 is 1.42 bits per heavy atom. The van der Waals surface area contributed by atoms with Crippen LogP contribution in [0, 0.1) is 0 Å². The summed E-state index contributed by atoms with van der Waals surface area (Å²) in [6.45, 7) is 7.25. The van der Waals surface area contributed by atoms with Gasteiger partial charge in [-0.2, -0.15) is 4.31 Å². The number of hydrogen-bond acceptors (Lipinski definition) is 5. The quantitative estimate of drug-likeness (QED) is 0.857. The lowest BCUT2D eigenvalue weighted by atomic mass is 10.1. The van der Waals surface area contributed by atoms with Gasteiger partial charge in [-0.25, -0.2) is 8.42 Å². The zero-order valence-electron chi connectivity index (χ0n) is 14.4. The third-order valence-corrected chi connectivity index (χ3v) is 5.84. The molecule has 0 unspecified atom stereocenters. The first-order valence-corrected chi connectivity index (χ1v) is 9.28. The van der Waals surface area contributed by atoms with Gasteiger partial charge in [-0.15, -0.1) is 0 Å². The van der Waals surface area contributed by atoms with Gasteiger partial charge in [0.2, 0.25) is 15.9 Å². The number of aliphatic hydroxyl groups excluding tert-OH is 1. The van der Waals surface area contributed by atoms with Crippen molar-refractivity contribution in [2.75, 3.05) is 31.1 Å². The van der Waals surface area contributed by atoms with Gasteiger partial charge in [-0.05, 0) is 32.0 Å². The van der Waals surface area contributed by atoms with E-state index in [4.69, 9.17) is 9.84 Å². The van der Waals surface area contributed by atoms with E-state index >= 15 is 0 Å². The maximum Gasteiger partial charge on any atom is 0.243 e. The first-order valence-electron chi connectivity index (χ1n) is 7.84. The Kier molecular flexibility index (Phi) is 5.22. The zero-order chi connectivity index (χ0) is 18.1. The number of anilines is 1. The van der Waals surface area contributed by atoms with Crippen molar-refractivity contribution in [2.45, 2.75) is 38.2 Å². The van der Waals surface area contributed by atoms with Crippen molar-refractivity contribution >= 4 is 21.6 Å². The molecule has 7 nitrogen and oxygen atoms in total. The normalized spacial score (nSPS) is 16.7. The SMILES string of the molecule is CCN(CCO)S(=O)(=O)c1ccc2c(c1)N(C(C)=O)CC(C)(C)O2. The topological polar surface area (TPSA) is 87.2 Å².